The summed E-state index contributed by atoms with van der Waals surface area (Å²) in [6, 6.07) is 19.2. The van der Waals surface area contributed by atoms with Crippen molar-refractivity contribution in [2.45, 2.75) is 42.4 Å². The van der Waals surface area contributed by atoms with E-state index in [9.17, 15) is 13.2 Å². The van der Waals surface area contributed by atoms with E-state index in [1.807, 2.05) is 36.4 Å². The van der Waals surface area contributed by atoms with Gasteiger partial charge in [-0.1, -0.05) is 42.5 Å². The highest BCUT2D eigenvalue weighted by atomic mass is 32.2. The van der Waals surface area contributed by atoms with Crippen molar-refractivity contribution >= 4 is 33.0 Å². The van der Waals surface area contributed by atoms with Gasteiger partial charge in [0.25, 0.3) is 0 Å². The third-order valence-corrected chi connectivity index (χ3v) is 9.49. The minimum absolute atomic E-state index is 0.0344. The maximum absolute atomic E-state index is 12.8. The second kappa shape index (κ2) is 8.81. The normalized spacial score (nSPS) is 22.2. The Labute approximate surface area is 192 Å². The summed E-state index contributed by atoms with van der Waals surface area (Å²) in [5.41, 5.74) is 4.27. The summed E-state index contributed by atoms with van der Waals surface area (Å²) in [5.74, 6) is 0.536. The first kappa shape index (κ1) is 21.4. The maximum Gasteiger partial charge on any atom is 0.250 e. The van der Waals surface area contributed by atoms with E-state index in [0.717, 1.165) is 36.9 Å². The number of hydrogen-bond donors (Lipinski definition) is 2. The van der Waals surface area contributed by atoms with Crippen LogP contribution in [0.2, 0.25) is 0 Å². The second-order valence-electron chi connectivity index (χ2n) is 8.78. The van der Waals surface area contributed by atoms with Crippen molar-refractivity contribution in [2.75, 3.05) is 5.32 Å². The maximum atomic E-state index is 12.8. The molecule has 2 aliphatic carbocycles. The van der Waals surface area contributed by atoms with Gasteiger partial charge in [-0.3, -0.25) is 4.79 Å². The number of sulfonamides is 1. The fourth-order valence-corrected chi connectivity index (χ4v) is 7.50. The Morgan fingerprint density at radius 2 is 1.69 bits per heavy atom. The Bertz CT molecular complexity index is 1210. The number of amides is 1. The molecule has 5 rings (SSSR count). The van der Waals surface area contributed by atoms with E-state index < -0.39 is 10.0 Å². The Balaban J connectivity index is 1.30. The molecule has 2 aromatic carbocycles. The second-order valence-corrected chi connectivity index (χ2v) is 11.7. The zero-order valence-electron chi connectivity index (χ0n) is 17.7. The monoisotopic (exact) mass is 466 g/mol. The first-order chi connectivity index (χ1) is 15.5. The standard InChI is InChI=1S/C25H26N2O3S2/c28-23(13-17-5-2-1-3-6-17)26-22-11-10-18-14-19-8-9-20(15-21(18)16-22)25(19)27-32(29,30)24-7-4-12-31-24/h1-7,10-12,16,19-20,25,27H,8-9,13-15H2,(H,26,28). The average molecular weight is 467 g/mol. The van der Waals surface area contributed by atoms with Crippen molar-refractivity contribution in [2.24, 2.45) is 11.8 Å². The van der Waals surface area contributed by atoms with Crippen LogP contribution in [0, 0.1) is 11.8 Å². The number of anilines is 1. The number of fused-ring (bicyclic) bond motifs is 3. The molecule has 1 fully saturated rings. The van der Waals surface area contributed by atoms with Gasteiger partial charge in [-0.15, -0.1) is 11.3 Å². The zero-order chi connectivity index (χ0) is 22.1. The Kier molecular flexibility index (Phi) is 5.88. The molecule has 3 atom stereocenters. The molecule has 0 aliphatic heterocycles. The molecule has 3 unspecified atom stereocenters. The van der Waals surface area contributed by atoms with Crippen molar-refractivity contribution in [3.8, 4) is 0 Å². The van der Waals surface area contributed by atoms with Crippen LogP contribution < -0.4 is 10.0 Å². The lowest BCUT2D eigenvalue weighted by molar-refractivity contribution is -0.115. The van der Waals surface area contributed by atoms with E-state index in [1.54, 1.807) is 17.5 Å². The van der Waals surface area contributed by atoms with Crippen molar-refractivity contribution in [3.05, 3.63) is 82.7 Å². The topological polar surface area (TPSA) is 75.3 Å². The van der Waals surface area contributed by atoms with Crippen molar-refractivity contribution in [1.82, 2.24) is 4.72 Å². The van der Waals surface area contributed by atoms with Gasteiger partial charge in [0, 0.05) is 11.7 Å². The number of hydrogen-bond acceptors (Lipinski definition) is 4. The number of carbonyl (C=O) groups excluding carboxylic acids is 1. The number of carbonyl (C=O) groups is 1. The van der Waals surface area contributed by atoms with Crippen LogP contribution >= 0.6 is 11.3 Å². The minimum Gasteiger partial charge on any atom is -0.326 e. The quantitative estimate of drug-likeness (QED) is 0.565. The van der Waals surface area contributed by atoms with E-state index in [1.165, 1.54) is 22.5 Å². The van der Waals surface area contributed by atoms with Crippen LogP contribution in [0.3, 0.4) is 0 Å². The molecule has 166 valence electrons. The Morgan fingerprint density at radius 3 is 2.41 bits per heavy atom. The third-order valence-electron chi connectivity index (χ3n) is 6.64. The summed E-state index contributed by atoms with van der Waals surface area (Å²) in [6.45, 7) is 0. The molecule has 2 N–H and O–H groups in total. The lowest BCUT2D eigenvalue weighted by Crippen LogP contribution is -2.41. The van der Waals surface area contributed by atoms with Crippen molar-refractivity contribution in [1.29, 1.82) is 0 Å². The van der Waals surface area contributed by atoms with E-state index in [4.69, 9.17) is 0 Å². The molecule has 1 saturated carbocycles. The first-order valence-electron chi connectivity index (χ1n) is 11.0. The van der Waals surface area contributed by atoms with Crippen LogP contribution in [-0.2, 0) is 34.1 Å². The molecule has 2 aliphatic rings. The van der Waals surface area contributed by atoms with E-state index in [-0.39, 0.29) is 17.9 Å². The van der Waals surface area contributed by atoms with E-state index >= 15 is 0 Å². The number of benzene rings is 2. The molecule has 2 bridgehead atoms. The van der Waals surface area contributed by atoms with Gasteiger partial charge < -0.3 is 5.32 Å². The van der Waals surface area contributed by atoms with Gasteiger partial charge in [-0.2, -0.15) is 0 Å². The fourth-order valence-electron chi connectivity index (χ4n) is 5.12. The van der Waals surface area contributed by atoms with Gasteiger partial charge in [0.15, 0.2) is 0 Å². The zero-order valence-corrected chi connectivity index (χ0v) is 19.3. The first-order valence-corrected chi connectivity index (χ1v) is 13.4. The summed E-state index contributed by atoms with van der Waals surface area (Å²) < 4.78 is 29.1. The summed E-state index contributed by atoms with van der Waals surface area (Å²) in [5, 5.41) is 4.82. The smallest absolute Gasteiger partial charge is 0.250 e. The van der Waals surface area contributed by atoms with Crippen LogP contribution in [0.5, 0.6) is 0 Å². The predicted octanol–water partition coefficient (Wildman–Crippen LogP) is 4.40. The summed E-state index contributed by atoms with van der Waals surface area (Å²) >= 11 is 1.25. The van der Waals surface area contributed by atoms with Crippen molar-refractivity contribution in [3.63, 3.8) is 0 Å². The van der Waals surface area contributed by atoms with Gasteiger partial charge in [0.05, 0.1) is 6.42 Å². The molecular weight excluding hydrogens is 440 g/mol. The average Bonchev–Trinajstić information content (AvgIpc) is 3.39. The molecule has 1 aromatic heterocycles. The van der Waals surface area contributed by atoms with Gasteiger partial charge in [0.1, 0.15) is 4.21 Å². The molecule has 0 spiro atoms. The van der Waals surface area contributed by atoms with E-state index in [2.05, 4.69) is 22.2 Å². The molecule has 3 aromatic rings. The Morgan fingerprint density at radius 1 is 0.938 bits per heavy atom. The molecule has 5 nitrogen and oxygen atoms in total. The highest BCUT2D eigenvalue weighted by molar-refractivity contribution is 7.91. The van der Waals surface area contributed by atoms with Gasteiger partial charge >= 0.3 is 0 Å². The molecule has 32 heavy (non-hydrogen) atoms. The largest absolute Gasteiger partial charge is 0.326 e. The van der Waals surface area contributed by atoms with Gasteiger partial charge in [-0.25, -0.2) is 13.1 Å². The number of thiophene rings is 1. The molecule has 7 heteroatoms. The predicted molar refractivity (Wildman–Crippen MR) is 127 cm³/mol. The SMILES string of the molecule is O=C(Cc1ccccc1)Nc1ccc2c(c1)CC1CCC(C2)C1NS(=O)(=O)c1cccs1. The van der Waals surface area contributed by atoms with Crippen LogP contribution in [0.4, 0.5) is 5.69 Å². The molecule has 0 saturated heterocycles. The van der Waals surface area contributed by atoms with Gasteiger partial charge in [0.2, 0.25) is 15.9 Å². The highest BCUT2D eigenvalue weighted by Gasteiger charge is 2.41. The van der Waals surface area contributed by atoms with Crippen LogP contribution in [-0.4, -0.2) is 20.4 Å². The van der Waals surface area contributed by atoms with Crippen LogP contribution in [0.25, 0.3) is 0 Å². The van der Waals surface area contributed by atoms with Crippen LogP contribution in [0.1, 0.15) is 29.5 Å². The number of nitrogens with one attached hydrogen (secondary N) is 2. The fraction of sp³-hybridized carbons (Fsp3) is 0.320. The van der Waals surface area contributed by atoms with Gasteiger partial charge in [-0.05, 0) is 77.8 Å². The third kappa shape index (κ3) is 4.51. The summed E-state index contributed by atoms with van der Waals surface area (Å²) in [4.78, 5) is 12.5. The highest BCUT2D eigenvalue weighted by Crippen LogP contribution is 2.41. The minimum atomic E-state index is -3.49. The molecular formula is C25H26N2O3S2. The van der Waals surface area contributed by atoms with Crippen molar-refractivity contribution < 1.29 is 13.2 Å². The van der Waals surface area contributed by atoms with E-state index in [0.29, 0.717) is 16.5 Å². The molecule has 1 heterocycles. The lowest BCUT2D eigenvalue weighted by atomic mass is 9.93. The molecule has 0 radical (unpaired) electrons. The number of rotatable bonds is 6. The molecule has 1 amide bonds. The Hall–Kier alpha value is -2.48. The lowest BCUT2D eigenvalue weighted by Gasteiger charge is -2.23. The summed E-state index contributed by atoms with van der Waals surface area (Å²) in [6.07, 6.45) is 4.09. The summed E-state index contributed by atoms with van der Waals surface area (Å²) in [7, 11) is -3.49. The van der Waals surface area contributed by atoms with Crippen LogP contribution in [0.15, 0.2) is 70.3 Å².